The van der Waals surface area contributed by atoms with E-state index < -0.39 is 0 Å². The van der Waals surface area contributed by atoms with Gasteiger partial charge in [0.25, 0.3) is 0 Å². The minimum absolute atomic E-state index is 0.213. The lowest BCUT2D eigenvalue weighted by Gasteiger charge is -2.23. The van der Waals surface area contributed by atoms with Crippen molar-refractivity contribution in [2.45, 2.75) is 32.6 Å². The number of carbonyl (C=O) groups excluding carboxylic acids is 1. The molecule has 1 aliphatic rings. The third kappa shape index (κ3) is 2.61. The summed E-state index contributed by atoms with van der Waals surface area (Å²) >= 11 is 0. The van der Waals surface area contributed by atoms with Gasteiger partial charge in [-0.1, -0.05) is 6.42 Å². The van der Waals surface area contributed by atoms with Crippen molar-refractivity contribution in [1.29, 1.82) is 0 Å². The molecule has 3 heteroatoms. The second kappa shape index (κ2) is 4.51. The van der Waals surface area contributed by atoms with E-state index in [1.54, 1.807) is 0 Å². The van der Waals surface area contributed by atoms with Crippen molar-refractivity contribution in [1.82, 2.24) is 5.32 Å². The number of hydrogen-bond acceptors (Lipinski definition) is 2. The molecule has 1 aromatic heterocycles. The van der Waals surface area contributed by atoms with E-state index in [2.05, 4.69) is 5.32 Å². The monoisotopic (exact) mass is 207 g/mol. The summed E-state index contributed by atoms with van der Waals surface area (Å²) in [5.74, 6) is 2.37. The van der Waals surface area contributed by atoms with E-state index in [-0.39, 0.29) is 11.8 Å². The zero-order chi connectivity index (χ0) is 10.7. The zero-order valence-electron chi connectivity index (χ0n) is 9.08. The Morgan fingerprint density at radius 2 is 2.33 bits per heavy atom. The predicted octanol–water partition coefficient (Wildman–Crippen LogP) is 2.05. The maximum atomic E-state index is 11.5. The molecule has 0 spiro atoms. The first-order chi connectivity index (χ1) is 7.25. The Labute approximate surface area is 89.9 Å². The minimum Gasteiger partial charge on any atom is -0.466 e. The molecule has 3 nitrogen and oxygen atoms in total. The molecule has 0 aliphatic heterocycles. The number of nitrogens with one attached hydrogen (secondary N) is 1. The smallest absolute Gasteiger partial charge is 0.223 e. The van der Waals surface area contributed by atoms with Gasteiger partial charge in [0.05, 0.1) is 0 Å². The average molecular weight is 207 g/mol. The molecular formula is C12H17NO2. The van der Waals surface area contributed by atoms with Gasteiger partial charge in [-0.25, -0.2) is 0 Å². The molecule has 0 aromatic carbocycles. The Morgan fingerprint density at radius 1 is 1.53 bits per heavy atom. The van der Waals surface area contributed by atoms with Crippen LogP contribution in [0.5, 0.6) is 0 Å². The average Bonchev–Trinajstić information content (AvgIpc) is 2.48. The van der Waals surface area contributed by atoms with Gasteiger partial charge in [-0.15, -0.1) is 0 Å². The van der Waals surface area contributed by atoms with Crippen molar-refractivity contribution in [3.05, 3.63) is 23.7 Å². The molecule has 2 rings (SSSR count). The standard InChI is InChI=1S/C12H17NO2/c1-9-5-6-11(15-9)7-8-13-12(14)10-3-2-4-10/h5-6,10H,2-4,7-8H2,1H3,(H,13,14). The van der Waals surface area contributed by atoms with Crippen molar-refractivity contribution in [3.8, 4) is 0 Å². The van der Waals surface area contributed by atoms with E-state index in [0.717, 1.165) is 30.8 Å². The van der Waals surface area contributed by atoms with E-state index in [1.807, 2.05) is 19.1 Å². The number of amides is 1. The number of hydrogen-bond donors (Lipinski definition) is 1. The van der Waals surface area contributed by atoms with Crippen LogP contribution in [-0.4, -0.2) is 12.5 Å². The highest BCUT2D eigenvalue weighted by Crippen LogP contribution is 2.26. The van der Waals surface area contributed by atoms with Crippen molar-refractivity contribution in [2.24, 2.45) is 5.92 Å². The second-order valence-electron chi connectivity index (χ2n) is 4.18. The van der Waals surface area contributed by atoms with Gasteiger partial charge in [-0.05, 0) is 31.9 Å². The fourth-order valence-corrected chi connectivity index (χ4v) is 1.74. The Bertz CT molecular complexity index is 339. The van der Waals surface area contributed by atoms with Gasteiger partial charge < -0.3 is 9.73 Å². The summed E-state index contributed by atoms with van der Waals surface area (Å²) in [4.78, 5) is 11.5. The molecule has 15 heavy (non-hydrogen) atoms. The molecule has 0 unspecified atom stereocenters. The highest BCUT2D eigenvalue weighted by atomic mass is 16.3. The minimum atomic E-state index is 0.213. The normalized spacial score (nSPS) is 16.1. The van der Waals surface area contributed by atoms with Crippen molar-refractivity contribution in [3.63, 3.8) is 0 Å². The Kier molecular flexibility index (Phi) is 3.09. The lowest BCUT2D eigenvalue weighted by atomic mass is 9.85. The van der Waals surface area contributed by atoms with E-state index in [1.165, 1.54) is 6.42 Å². The maximum Gasteiger partial charge on any atom is 0.223 e. The summed E-state index contributed by atoms with van der Waals surface area (Å²) in [7, 11) is 0. The summed E-state index contributed by atoms with van der Waals surface area (Å²) in [5.41, 5.74) is 0. The summed E-state index contributed by atoms with van der Waals surface area (Å²) in [6.07, 6.45) is 4.11. The Balaban J connectivity index is 1.68. The summed E-state index contributed by atoms with van der Waals surface area (Å²) < 4.78 is 5.41. The third-order valence-electron chi connectivity index (χ3n) is 2.94. The van der Waals surface area contributed by atoms with Gasteiger partial charge >= 0.3 is 0 Å². The lowest BCUT2D eigenvalue weighted by Crippen LogP contribution is -2.35. The third-order valence-corrected chi connectivity index (χ3v) is 2.94. The second-order valence-corrected chi connectivity index (χ2v) is 4.18. The Hall–Kier alpha value is -1.25. The van der Waals surface area contributed by atoms with Crippen LogP contribution in [0, 0.1) is 12.8 Å². The van der Waals surface area contributed by atoms with Crippen LogP contribution < -0.4 is 5.32 Å². The molecule has 1 heterocycles. The van der Waals surface area contributed by atoms with Gasteiger partial charge in [-0.3, -0.25) is 4.79 Å². The largest absolute Gasteiger partial charge is 0.466 e. The van der Waals surface area contributed by atoms with Crippen LogP contribution in [-0.2, 0) is 11.2 Å². The first kappa shape index (κ1) is 10.3. The van der Waals surface area contributed by atoms with Gasteiger partial charge in [0.1, 0.15) is 11.5 Å². The lowest BCUT2D eigenvalue weighted by molar-refractivity contribution is -0.127. The van der Waals surface area contributed by atoms with Crippen LogP contribution in [0.4, 0.5) is 0 Å². The predicted molar refractivity (Wildman–Crippen MR) is 57.5 cm³/mol. The van der Waals surface area contributed by atoms with Crippen LogP contribution >= 0.6 is 0 Å². The molecule has 0 atom stereocenters. The number of carbonyl (C=O) groups is 1. The van der Waals surface area contributed by atoms with Crippen molar-refractivity contribution >= 4 is 5.91 Å². The van der Waals surface area contributed by atoms with Gasteiger partial charge in [0.15, 0.2) is 0 Å². The highest BCUT2D eigenvalue weighted by molar-refractivity contribution is 5.79. The van der Waals surface area contributed by atoms with Crippen LogP contribution in [0.15, 0.2) is 16.5 Å². The number of furan rings is 1. The van der Waals surface area contributed by atoms with E-state index in [9.17, 15) is 4.79 Å². The van der Waals surface area contributed by atoms with Gasteiger partial charge in [0, 0.05) is 18.9 Å². The van der Waals surface area contributed by atoms with Crippen LogP contribution in [0.25, 0.3) is 0 Å². The number of aryl methyl sites for hydroxylation is 1. The molecule has 1 aromatic rings. The summed E-state index contributed by atoms with van der Waals surface area (Å²) in [5, 5.41) is 2.94. The molecule has 1 N–H and O–H groups in total. The van der Waals surface area contributed by atoms with E-state index in [0.29, 0.717) is 6.54 Å². The molecule has 0 saturated heterocycles. The fraction of sp³-hybridized carbons (Fsp3) is 0.583. The van der Waals surface area contributed by atoms with Crippen LogP contribution in [0.1, 0.15) is 30.8 Å². The summed E-state index contributed by atoms with van der Waals surface area (Å²) in [6.45, 7) is 2.61. The molecule has 1 saturated carbocycles. The molecule has 1 fully saturated rings. The molecule has 0 bridgehead atoms. The first-order valence-corrected chi connectivity index (χ1v) is 5.59. The highest BCUT2D eigenvalue weighted by Gasteiger charge is 2.24. The molecule has 1 amide bonds. The maximum absolute atomic E-state index is 11.5. The molecular weight excluding hydrogens is 190 g/mol. The topological polar surface area (TPSA) is 42.2 Å². The van der Waals surface area contributed by atoms with Gasteiger partial charge in [0.2, 0.25) is 5.91 Å². The summed E-state index contributed by atoms with van der Waals surface area (Å²) in [6, 6.07) is 3.91. The van der Waals surface area contributed by atoms with Gasteiger partial charge in [-0.2, -0.15) is 0 Å². The zero-order valence-corrected chi connectivity index (χ0v) is 9.08. The van der Waals surface area contributed by atoms with E-state index >= 15 is 0 Å². The molecule has 0 radical (unpaired) electrons. The molecule has 82 valence electrons. The van der Waals surface area contributed by atoms with Crippen molar-refractivity contribution < 1.29 is 9.21 Å². The fourth-order valence-electron chi connectivity index (χ4n) is 1.74. The molecule has 1 aliphatic carbocycles. The van der Waals surface area contributed by atoms with Crippen LogP contribution in [0.3, 0.4) is 0 Å². The number of rotatable bonds is 4. The Morgan fingerprint density at radius 3 is 2.87 bits per heavy atom. The first-order valence-electron chi connectivity index (χ1n) is 5.59. The quantitative estimate of drug-likeness (QED) is 0.821. The van der Waals surface area contributed by atoms with Crippen LogP contribution in [0.2, 0.25) is 0 Å². The SMILES string of the molecule is Cc1ccc(CCNC(=O)C2CCC2)o1. The van der Waals surface area contributed by atoms with Crippen molar-refractivity contribution in [2.75, 3.05) is 6.54 Å². The van der Waals surface area contributed by atoms with E-state index in [4.69, 9.17) is 4.42 Å².